The molecule has 7 heteroatoms. The second-order valence-corrected chi connectivity index (χ2v) is 7.12. The van der Waals surface area contributed by atoms with E-state index in [1.165, 1.54) is 16.9 Å². The largest absolute Gasteiger partial charge is 0.355 e. The summed E-state index contributed by atoms with van der Waals surface area (Å²) in [5.74, 6) is 6.25. The van der Waals surface area contributed by atoms with E-state index in [4.69, 9.17) is 0 Å². The van der Waals surface area contributed by atoms with E-state index in [1.54, 1.807) is 24.7 Å². The Hall–Kier alpha value is -3.66. The molecule has 1 amide bonds. The topological polar surface area (TPSA) is 83.9 Å². The van der Waals surface area contributed by atoms with E-state index in [0.29, 0.717) is 23.5 Å². The van der Waals surface area contributed by atoms with Crippen molar-refractivity contribution in [2.75, 3.05) is 6.54 Å². The van der Waals surface area contributed by atoms with Crippen LogP contribution in [0.5, 0.6) is 0 Å². The SMILES string of the molecule is C[C@@H]1CC[C@@H](C#Cc2cc(=O)cc[nH]2)CN1C(=O)c1ccccc1-n1nccn1. The summed E-state index contributed by atoms with van der Waals surface area (Å²) >= 11 is 0. The fourth-order valence-corrected chi connectivity index (χ4v) is 3.53. The van der Waals surface area contributed by atoms with Gasteiger partial charge in [-0.1, -0.05) is 18.1 Å². The van der Waals surface area contributed by atoms with Crippen molar-refractivity contribution in [3.63, 3.8) is 0 Å². The van der Waals surface area contributed by atoms with E-state index in [2.05, 4.69) is 33.9 Å². The maximum Gasteiger partial charge on any atom is 0.256 e. The summed E-state index contributed by atoms with van der Waals surface area (Å²) in [5, 5.41) is 8.32. The minimum Gasteiger partial charge on any atom is -0.355 e. The summed E-state index contributed by atoms with van der Waals surface area (Å²) in [6.45, 7) is 2.61. The Morgan fingerprint density at radius 2 is 1.97 bits per heavy atom. The Bertz CT molecular complexity index is 1120. The van der Waals surface area contributed by atoms with Gasteiger partial charge in [-0.3, -0.25) is 9.59 Å². The number of benzene rings is 1. The number of carbonyl (C=O) groups excluding carboxylic acids is 1. The van der Waals surface area contributed by atoms with E-state index >= 15 is 0 Å². The molecule has 0 radical (unpaired) electrons. The zero-order valence-electron chi connectivity index (χ0n) is 16.1. The highest BCUT2D eigenvalue weighted by Crippen LogP contribution is 2.25. The van der Waals surface area contributed by atoms with Crippen molar-refractivity contribution in [3.8, 4) is 17.5 Å². The van der Waals surface area contributed by atoms with Crippen LogP contribution in [0.3, 0.4) is 0 Å². The summed E-state index contributed by atoms with van der Waals surface area (Å²) in [5.41, 5.74) is 1.73. The highest BCUT2D eigenvalue weighted by molar-refractivity contribution is 5.98. The summed E-state index contributed by atoms with van der Waals surface area (Å²) in [7, 11) is 0. The van der Waals surface area contributed by atoms with Crippen LogP contribution in [0, 0.1) is 17.8 Å². The average Bonchev–Trinajstić information content (AvgIpc) is 3.27. The van der Waals surface area contributed by atoms with Gasteiger partial charge in [0.05, 0.1) is 29.3 Å². The molecule has 1 aliphatic heterocycles. The standard InChI is InChI=1S/C22H21N5O2/c1-16-6-7-17(8-9-18-14-19(28)10-11-23-18)15-26(16)22(29)20-4-2-3-5-21(20)27-24-12-13-25-27/h2-5,10-14,16-17H,6-7,15H2,1H3,(H,23,28)/t16-,17+/m1/s1. The number of hydrogen-bond donors (Lipinski definition) is 1. The molecule has 1 N–H and O–H groups in total. The first-order valence-corrected chi connectivity index (χ1v) is 9.59. The number of likely N-dealkylation sites (tertiary alicyclic amines) is 1. The molecular formula is C22H21N5O2. The van der Waals surface area contributed by atoms with Crippen LogP contribution >= 0.6 is 0 Å². The molecule has 3 heterocycles. The number of aromatic amines is 1. The van der Waals surface area contributed by atoms with Crippen molar-refractivity contribution in [2.45, 2.75) is 25.8 Å². The van der Waals surface area contributed by atoms with Gasteiger partial charge in [0.15, 0.2) is 5.43 Å². The van der Waals surface area contributed by atoms with E-state index in [0.717, 1.165) is 12.8 Å². The Morgan fingerprint density at radius 1 is 1.17 bits per heavy atom. The number of H-pyrrole nitrogens is 1. The van der Waals surface area contributed by atoms with E-state index in [9.17, 15) is 9.59 Å². The lowest BCUT2D eigenvalue weighted by molar-refractivity contribution is 0.0598. The number of rotatable bonds is 2. The number of piperidine rings is 1. The predicted molar refractivity (Wildman–Crippen MR) is 109 cm³/mol. The molecule has 146 valence electrons. The van der Waals surface area contributed by atoms with Crippen LogP contribution in [-0.4, -0.2) is 43.4 Å². The molecule has 0 aliphatic carbocycles. The van der Waals surface area contributed by atoms with Crippen LogP contribution in [0.4, 0.5) is 0 Å². The Labute approximate surface area is 168 Å². The van der Waals surface area contributed by atoms with E-state index in [-0.39, 0.29) is 23.3 Å². The molecule has 2 atom stereocenters. The molecule has 0 spiro atoms. The minimum atomic E-state index is -0.0778. The van der Waals surface area contributed by atoms with Crippen molar-refractivity contribution in [3.05, 3.63) is 76.5 Å². The van der Waals surface area contributed by atoms with Crippen molar-refractivity contribution >= 4 is 5.91 Å². The van der Waals surface area contributed by atoms with Crippen molar-refractivity contribution in [2.24, 2.45) is 5.92 Å². The molecule has 0 unspecified atom stereocenters. The van der Waals surface area contributed by atoms with Gasteiger partial charge in [-0.25, -0.2) is 0 Å². The lowest BCUT2D eigenvalue weighted by atomic mass is 9.93. The van der Waals surface area contributed by atoms with Crippen LogP contribution in [0.25, 0.3) is 5.69 Å². The van der Waals surface area contributed by atoms with Crippen LogP contribution in [0.1, 0.15) is 35.8 Å². The normalized spacial score (nSPS) is 18.7. The second kappa shape index (κ2) is 8.15. The monoisotopic (exact) mass is 387 g/mol. The zero-order valence-corrected chi connectivity index (χ0v) is 16.1. The Morgan fingerprint density at radius 3 is 2.76 bits per heavy atom. The molecule has 4 rings (SSSR count). The van der Waals surface area contributed by atoms with Crippen molar-refractivity contribution < 1.29 is 4.79 Å². The molecule has 29 heavy (non-hydrogen) atoms. The molecule has 0 bridgehead atoms. The van der Waals surface area contributed by atoms with Crippen LogP contribution in [0.2, 0.25) is 0 Å². The van der Waals surface area contributed by atoms with E-state index < -0.39 is 0 Å². The van der Waals surface area contributed by atoms with Crippen LogP contribution in [-0.2, 0) is 0 Å². The van der Waals surface area contributed by atoms with Gasteiger partial charge >= 0.3 is 0 Å². The predicted octanol–water partition coefficient (Wildman–Crippen LogP) is 2.25. The second-order valence-electron chi connectivity index (χ2n) is 7.12. The number of para-hydroxylation sites is 1. The quantitative estimate of drug-likeness (QED) is 0.684. The highest BCUT2D eigenvalue weighted by Gasteiger charge is 2.30. The smallest absolute Gasteiger partial charge is 0.256 e. The number of aromatic nitrogens is 4. The van der Waals surface area contributed by atoms with Gasteiger partial charge < -0.3 is 9.88 Å². The molecule has 3 aromatic rings. The molecular weight excluding hydrogens is 366 g/mol. The van der Waals surface area contributed by atoms with Crippen LogP contribution in [0.15, 0.2) is 59.8 Å². The zero-order chi connectivity index (χ0) is 20.2. The number of amides is 1. The van der Waals surface area contributed by atoms with Crippen LogP contribution < -0.4 is 5.43 Å². The number of carbonyl (C=O) groups is 1. The van der Waals surface area contributed by atoms with Crippen molar-refractivity contribution in [1.29, 1.82) is 0 Å². The third kappa shape index (κ3) is 4.11. The average molecular weight is 387 g/mol. The fourth-order valence-electron chi connectivity index (χ4n) is 3.53. The summed E-state index contributed by atoms with van der Waals surface area (Å²) in [6, 6.07) is 10.4. The first-order chi connectivity index (χ1) is 14.1. The van der Waals surface area contributed by atoms with Gasteiger partial charge in [-0.05, 0) is 37.8 Å². The number of nitrogens with zero attached hydrogens (tertiary/aromatic N) is 4. The molecule has 2 aromatic heterocycles. The number of hydrogen-bond acceptors (Lipinski definition) is 4. The molecule has 7 nitrogen and oxygen atoms in total. The fraction of sp³-hybridized carbons (Fsp3) is 0.273. The Balaban J connectivity index is 1.57. The lowest BCUT2D eigenvalue weighted by Crippen LogP contribution is -2.45. The highest BCUT2D eigenvalue weighted by atomic mass is 16.2. The third-order valence-corrected chi connectivity index (χ3v) is 5.10. The summed E-state index contributed by atoms with van der Waals surface area (Å²) < 4.78 is 0. The van der Waals surface area contributed by atoms with Gasteiger partial charge in [0.25, 0.3) is 5.91 Å². The van der Waals surface area contributed by atoms with Gasteiger partial charge in [0.2, 0.25) is 0 Å². The molecule has 1 aliphatic rings. The maximum absolute atomic E-state index is 13.4. The molecule has 1 fully saturated rings. The minimum absolute atomic E-state index is 0.0499. The lowest BCUT2D eigenvalue weighted by Gasteiger charge is -2.36. The summed E-state index contributed by atoms with van der Waals surface area (Å²) in [4.78, 5) is 31.1. The number of nitrogens with one attached hydrogen (secondary N) is 1. The van der Waals surface area contributed by atoms with Gasteiger partial charge in [0.1, 0.15) is 0 Å². The molecule has 0 saturated carbocycles. The van der Waals surface area contributed by atoms with Crippen molar-refractivity contribution in [1.82, 2.24) is 24.9 Å². The van der Waals surface area contributed by atoms with E-state index in [1.807, 2.05) is 23.1 Å². The van der Waals surface area contributed by atoms with Gasteiger partial charge in [0, 0.05) is 36.8 Å². The summed E-state index contributed by atoms with van der Waals surface area (Å²) in [6.07, 6.45) is 6.55. The van der Waals surface area contributed by atoms with Gasteiger partial charge in [-0.15, -0.1) is 0 Å². The number of pyridine rings is 1. The first kappa shape index (κ1) is 18.7. The molecule has 1 saturated heterocycles. The molecule has 1 aromatic carbocycles. The maximum atomic E-state index is 13.4. The van der Waals surface area contributed by atoms with Gasteiger partial charge in [-0.2, -0.15) is 15.0 Å². The Kier molecular flexibility index (Phi) is 5.25. The third-order valence-electron chi connectivity index (χ3n) is 5.10. The first-order valence-electron chi connectivity index (χ1n) is 9.59.